The molecule has 0 atom stereocenters. The summed E-state index contributed by atoms with van der Waals surface area (Å²) in [6.45, 7) is 1.79. The van der Waals surface area contributed by atoms with Gasteiger partial charge in [-0.25, -0.2) is 14.8 Å². The third-order valence-electron chi connectivity index (χ3n) is 6.71. The van der Waals surface area contributed by atoms with Crippen LogP contribution in [-0.4, -0.2) is 89.4 Å². The number of hydrogen-bond acceptors (Lipinski definition) is 8. The summed E-state index contributed by atoms with van der Waals surface area (Å²) in [7, 11) is 4.15. The molecule has 3 aromatic rings. The SMILES string of the molecule is CSc1c(Cl)nc(-c2ccc(NC(=O)Nc3ccc(C(=O)N4CCC(N(C)C)CC4)cc3)cc2)nc1NCCO. The molecule has 1 aromatic heterocycles. The van der Waals surface area contributed by atoms with Gasteiger partial charge in [0.05, 0.1) is 11.5 Å². The molecule has 12 heteroatoms. The lowest BCUT2D eigenvalue weighted by molar-refractivity contribution is 0.0663. The van der Waals surface area contributed by atoms with E-state index in [1.54, 1.807) is 48.5 Å². The Balaban J connectivity index is 1.33. The van der Waals surface area contributed by atoms with Gasteiger partial charge < -0.3 is 30.9 Å². The number of anilines is 3. The molecule has 2 heterocycles. The van der Waals surface area contributed by atoms with Gasteiger partial charge >= 0.3 is 6.03 Å². The van der Waals surface area contributed by atoms with Crippen LogP contribution in [-0.2, 0) is 0 Å². The zero-order chi connectivity index (χ0) is 28.6. The second kappa shape index (κ2) is 13.8. The second-order valence-electron chi connectivity index (χ2n) is 9.59. The van der Waals surface area contributed by atoms with Crippen molar-refractivity contribution in [3.63, 3.8) is 0 Å². The van der Waals surface area contributed by atoms with Crippen LogP contribution in [0.25, 0.3) is 11.4 Å². The second-order valence-corrected chi connectivity index (χ2v) is 10.8. The highest BCUT2D eigenvalue weighted by molar-refractivity contribution is 7.98. The van der Waals surface area contributed by atoms with Gasteiger partial charge in [0.25, 0.3) is 5.91 Å². The molecule has 1 saturated heterocycles. The summed E-state index contributed by atoms with van der Waals surface area (Å²) in [6, 6.07) is 14.1. The first kappa shape index (κ1) is 29.6. The van der Waals surface area contributed by atoms with E-state index in [0.717, 1.165) is 31.5 Å². The fraction of sp³-hybridized carbons (Fsp3) is 0.357. The van der Waals surface area contributed by atoms with Crippen LogP contribution in [0.5, 0.6) is 0 Å². The first-order valence-electron chi connectivity index (χ1n) is 13.0. The lowest BCUT2D eigenvalue weighted by atomic mass is 10.0. The molecule has 0 saturated carbocycles. The summed E-state index contributed by atoms with van der Waals surface area (Å²) in [6.07, 6.45) is 3.81. The Morgan fingerprint density at radius 2 is 1.62 bits per heavy atom. The van der Waals surface area contributed by atoms with Gasteiger partial charge in [-0.2, -0.15) is 0 Å². The monoisotopic (exact) mass is 583 g/mol. The molecular formula is C28H34ClN7O3S. The Bertz CT molecular complexity index is 1310. The van der Waals surface area contributed by atoms with Gasteiger partial charge in [-0.15, -0.1) is 11.8 Å². The van der Waals surface area contributed by atoms with E-state index in [1.165, 1.54) is 11.8 Å². The van der Waals surface area contributed by atoms with Crippen LogP contribution in [0.15, 0.2) is 53.4 Å². The minimum atomic E-state index is -0.406. The normalized spacial score (nSPS) is 13.8. The van der Waals surface area contributed by atoms with Crippen LogP contribution >= 0.6 is 23.4 Å². The van der Waals surface area contributed by atoms with Gasteiger partial charge in [0.2, 0.25) is 0 Å². The van der Waals surface area contributed by atoms with E-state index in [-0.39, 0.29) is 12.5 Å². The Morgan fingerprint density at radius 1 is 1.02 bits per heavy atom. The number of likely N-dealkylation sites (tertiary alicyclic amines) is 1. The summed E-state index contributed by atoms with van der Waals surface area (Å²) >= 11 is 7.78. The smallest absolute Gasteiger partial charge is 0.323 e. The van der Waals surface area contributed by atoms with Gasteiger partial charge in [-0.05, 0) is 81.7 Å². The lowest BCUT2D eigenvalue weighted by Crippen LogP contribution is -2.44. The Labute approximate surface area is 243 Å². The van der Waals surface area contributed by atoms with Crippen molar-refractivity contribution in [2.45, 2.75) is 23.8 Å². The lowest BCUT2D eigenvalue weighted by Gasteiger charge is -2.35. The van der Waals surface area contributed by atoms with E-state index in [4.69, 9.17) is 16.7 Å². The van der Waals surface area contributed by atoms with Crippen molar-refractivity contribution in [2.75, 3.05) is 62.5 Å². The van der Waals surface area contributed by atoms with Gasteiger partial charge in [0.15, 0.2) is 5.82 Å². The number of piperidine rings is 1. The van der Waals surface area contributed by atoms with Crippen molar-refractivity contribution in [2.24, 2.45) is 0 Å². The van der Waals surface area contributed by atoms with Crippen molar-refractivity contribution in [1.29, 1.82) is 0 Å². The van der Waals surface area contributed by atoms with E-state index in [9.17, 15) is 9.59 Å². The number of thioether (sulfide) groups is 1. The highest BCUT2D eigenvalue weighted by atomic mass is 35.5. The number of aromatic nitrogens is 2. The summed E-state index contributed by atoms with van der Waals surface area (Å²) in [5.41, 5.74) is 2.49. The number of benzene rings is 2. The van der Waals surface area contributed by atoms with Crippen molar-refractivity contribution < 1.29 is 14.7 Å². The van der Waals surface area contributed by atoms with Crippen molar-refractivity contribution in [1.82, 2.24) is 19.8 Å². The first-order valence-corrected chi connectivity index (χ1v) is 14.6. The number of amides is 3. The molecule has 0 aliphatic carbocycles. The molecule has 1 aliphatic rings. The zero-order valence-electron chi connectivity index (χ0n) is 22.8. The van der Waals surface area contributed by atoms with E-state index >= 15 is 0 Å². The third kappa shape index (κ3) is 7.42. The van der Waals surface area contributed by atoms with Crippen molar-refractivity contribution >= 4 is 52.5 Å². The number of urea groups is 1. The van der Waals surface area contributed by atoms with Crippen LogP contribution in [0.2, 0.25) is 5.15 Å². The topological polar surface area (TPSA) is 123 Å². The average molecular weight is 584 g/mol. The number of hydrogen-bond donors (Lipinski definition) is 4. The molecule has 0 spiro atoms. The summed E-state index contributed by atoms with van der Waals surface area (Å²) in [5, 5.41) is 18.1. The quantitative estimate of drug-likeness (QED) is 0.211. The molecule has 212 valence electrons. The minimum absolute atomic E-state index is 0.0120. The number of carbonyl (C=O) groups is 2. The Morgan fingerprint density at radius 3 is 2.17 bits per heavy atom. The molecule has 3 amide bonds. The van der Waals surface area contributed by atoms with Crippen molar-refractivity contribution in [3.8, 4) is 11.4 Å². The maximum Gasteiger partial charge on any atom is 0.323 e. The molecule has 40 heavy (non-hydrogen) atoms. The van der Waals surface area contributed by atoms with Gasteiger partial charge in [-0.3, -0.25) is 4.79 Å². The van der Waals surface area contributed by atoms with E-state index < -0.39 is 6.03 Å². The first-order chi connectivity index (χ1) is 19.3. The number of nitrogens with one attached hydrogen (secondary N) is 3. The number of nitrogens with zero attached hydrogens (tertiary/aromatic N) is 4. The fourth-order valence-electron chi connectivity index (χ4n) is 4.49. The third-order valence-corrected chi connectivity index (χ3v) is 7.89. The maximum atomic E-state index is 12.9. The molecule has 0 radical (unpaired) electrons. The van der Waals surface area contributed by atoms with Crippen LogP contribution in [0.1, 0.15) is 23.2 Å². The Hall–Kier alpha value is -3.38. The van der Waals surface area contributed by atoms with Gasteiger partial charge in [0.1, 0.15) is 11.0 Å². The molecule has 4 rings (SSSR count). The number of carbonyl (C=O) groups excluding carboxylic acids is 2. The average Bonchev–Trinajstić information content (AvgIpc) is 2.96. The highest BCUT2D eigenvalue weighted by Gasteiger charge is 2.24. The number of aliphatic hydroxyl groups excluding tert-OH is 1. The molecule has 0 unspecified atom stereocenters. The predicted octanol–water partition coefficient (Wildman–Crippen LogP) is 4.73. The minimum Gasteiger partial charge on any atom is -0.395 e. The Kier molecular flexibility index (Phi) is 10.2. The van der Waals surface area contributed by atoms with Crippen LogP contribution in [0.3, 0.4) is 0 Å². The molecule has 1 aliphatic heterocycles. The number of rotatable bonds is 9. The molecule has 1 fully saturated rings. The molecule has 4 N–H and O–H groups in total. The van der Waals surface area contributed by atoms with E-state index in [1.807, 2.05) is 11.2 Å². The van der Waals surface area contributed by atoms with Crippen molar-refractivity contribution in [3.05, 3.63) is 59.2 Å². The van der Waals surface area contributed by atoms with E-state index in [2.05, 4.69) is 44.9 Å². The standard InChI is InChI=1S/C28H34ClN7O3S/c1-35(2)22-12-15-36(16-13-22)27(38)19-6-10-21(11-7-19)32-28(39)31-20-8-4-18(5-9-20)25-33-24(29)23(40-3)26(34-25)30-14-17-37/h4-11,22,37H,12-17H2,1-3H3,(H,30,33,34)(H2,31,32,39). The molecule has 10 nitrogen and oxygen atoms in total. The highest BCUT2D eigenvalue weighted by Crippen LogP contribution is 2.32. The predicted molar refractivity (Wildman–Crippen MR) is 162 cm³/mol. The number of aliphatic hydroxyl groups is 1. The maximum absolute atomic E-state index is 12.9. The largest absolute Gasteiger partial charge is 0.395 e. The number of halogens is 1. The summed E-state index contributed by atoms with van der Waals surface area (Å²) in [4.78, 5) is 39.2. The summed E-state index contributed by atoms with van der Waals surface area (Å²) < 4.78 is 0. The fourth-order valence-corrected chi connectivity index (χ4v) is 5.41. The molecular weight excluding hydrogens is 550 g/mol. The van der Waals surface area contributed by atoms with Gasteiger partial charge in [-0.1, -0.05) is 11.6 Å². The van der Waals surface area contributed by atoms with Crippen LogP contribution in [0.4, 0.5) is 22.0 Å². The summed E-state index contributed by atoms with van der Waals surface area (Å²) in [5.74, 6) is 0.994. The zero-order valence-corrected chi connectivity index (χ0v) is 24.3. The van der Waals surface area contributed by atoms with E-state index in [0.29, 0.717) is 51.2 Å². The molecule has 0 bridgehead atoms. The van der Waals surface area contributed by atoms with Gasteiger partial charge in [0, 0.05) is 48.2 Å². The van der Waals surface area contributed by atoms with Crippen LogP contribution in [0, 0.1) is 0 Å². The van der Waals surface area contributed by atoms with Crippen LogP contribution < -0.4 is 16.0 Å². The molecule has 2 aromatic carbocycles.